The van der Waals surface area contributed by atoms with E-state index in [2.05, 4.69) is 35.6 Å². The SMILES string of the molecule is CCN(Cc1nn(-c2ccccc2)c2c1CN(Cc1ccc(F)cc1)CC2)C(=O)CC(C)C. The number of benzene rings is 2. The molecule has 1 amide bonds. The second-order valence-electron chi connectivity index (χ2n) is 9.21. The summed E-state index contributed by atoms with van der Waals surface area (Å²) in [6.07, 6.45) is 1.43. The summed E-state index contributed by atoms with van der Waals surface area (Å²) >= 11 is 0. The average Bonchev–Trinajstić information content (AvgIpc) is 3.16. The highest BCUT2D eigenvalue weighted by Crippen LogP contribution is 2.27. The van der Waals surface area contributed by atoms with E-state index < -0.39 is 0 Å². The molecule has 0 spiro atoms. The van der Waals surface area contributed by atoms with Crippen molar-refractivity contribution in [3.05, 3.63) is 82.9 Å². The molecular weight excluding hydrogens is 415 g/mol. The molecule has 1 aromatic heterocycles. The van der Waals surface area contributed by atoms with Crippen molar-refractivity contribution < 1.29 is 9.18 Å². The quantitative estimate of drug-likeness (QED) is 0.489. The number of aromatic nitrogens is 2. The number of rotatable bonds is 8. The summed E-state index contributed by atoms with van der Waals surface area (Å²) in [6.45, 7) is 9.80. The van der Waals surface area contributed by atoms with E-state index in [1.165, 1.54) is 23.4 Å². The normalized spacial score (nSPS) is 13.8. The number of fused-ring (bicyclic) bond motifs is 1. The third-order valence-electron chi connectivity index (χ3n) is 6.20. The zero-order chi connectivity index (χ0) is 23.4. The van der Waals surface area contributed by atoms with Crippen molar-refractivity contribution in [2.24, 2.45) is 5.92 Å². The molecule has 174 valence electrons. The van der Waals surface area contributed by atoms with E-state index >= 15 is 0 Å². The molecule has 2 aromatic carbocycles. The molecule has 0 radical (unpaired) electrons. The molecule has 0 saturated carbocycles. The first-order chi connectivity index (χ1) is 15.9. The monoisotopic (exact) mass is 448 g/mol. The number of carbonyl (C=O) groups excluding carboxylic acids is 1. The molecular formula is C27H33FN4O. The summed E-state index contributed by atoms with van der Waals surface area (Å²) in [7, 11) is 0. The number of hydrogen-bond donors (Lipinski definition) is 0. The maximum atomic E-state index is 13.3. The number of amides is 1. The van der Waals surface area contributed by atoms with Gasteiger partial charge in [-0.15, -0.1) is 0 Å². The minimum atomic E-state index is -0.211. The Morgan fingerprint density at radius 1 is 1.12 bits per heavy atom. The summed E-state index contributed by atoms with van der Waals surface area (Å²) in [5.74, 6) is 0.292. The fraction of sp³-hybridized carbons (Fsp3) is 0.407. The Balaban J connectivity index is 1.63. The van der Waals surface area contributed by atoms with Crippen molar-refractivity contribution >= 4 is 5.91 Å². The van der Waals surface area contributed by atoms with Gasteiger partial charge in [0.05, 0.1) is 23.6 Å². The molecule has 2 heterocycles. The zero-order valence-corrected chi connectivity index (χ0v) is 19.8. The van der Waals surface area contributed by atoms with Crippen LogP contribution in [0.1, 0.15) is 49.7 Å². The van der Waals surface area contributed by atoms with Crippen molar-refractivity contribution in [3.8, 4) is 5.69 Å². The van der Waals surface area contributed by atoms with Gasteiger partial charge in [-0.05, 0) is 42.7 Å². The second-order valence-corrected chi connectivity index (χ2v) is 9.21. The van der Waals surface area contributed by atoms with Gasteiger partial charge in [-0.2, -0.15) is 5.10 Å². The van der Waals surface area contributed by atoms with E-state index in [0.29, 0.717) is 25.4 Å². The Morgan fingerprint density at radius 3 is 2.52 bits per heavy atom. The van der Waals surface area contributed by atoms with Gasteiger partial charge in [0.1, 0.15) is 5.82 Å². The summed E-state index contributed by atoms with van der Waals surface area (Å²) in [4.78, 5) is 17.1. The van der Waals surface area contributed by atoms with E-state index in [9.17, 15) is 9.18 Å². The maximum Gasteiger partial charge on any atom is 0.223 e. The standard InChI is InChI=1S/C27H33FN4O/c1-4-31(27(33)16-20(2)3)19-25-24-18-30(17-21-10-12-22(28)13-11-21)15-14-26(24)32(29-25)23-8-6-5-7-9-23/h5-13,20H,4,14-19H2,1-3H3. The topological polar surface area (TPSA) is 41.4 Å². The number of para-hydroxylation sites is 1. The lowest BCUT2D eigenvalue weighted by Gasteiger charge is -2.28. The summed E-state index contributed by atoms with van der Waals surface area (Å²) < 4.78 is 15.4. The van der Waals surface area contributed by atoms with Gasteiger partial charge in [0.2, 0.25) is 5.91 Å². The van der Waals surface area contributed by atoms with Crippen molar-refractivity contribution in [2.75, 3.05) is 13.1 Å². The van der Waals surface area contributed by atoms with Crippen LogP contribution < -0.4 is 0 Å². The van der Waals surface area contributed by atoms with Crippen LogP contribution in [0.4, 0.5) is 4.39 Å². The van der Waals surface area contributed by atoms with Gasteiger partial charge in [-0.3, -0.25) is 9.69 Å². The van der Waals surface area contributed by atoms with E-state index in [1.54, 1.807) is 0 Å². The molecule has 5 nitrogen and oxygen atoms in total. The fourth-order valence-corrected chi connectivity index (χ4v) is 4.47. The first kappa shape index (κ1) is 23.2. The molecule has 33 heavy (non-hydrogen) atoms. The number of halogens is 1. The van der Waals surface area contributed by atoms with Crippen molar-refractivity contribution in [3.63, 3.8) is 0 Å². The molecule has 0 N–H and O–H groups in total. The minimum absolute atomic E-state index is 0.175. The van der Waals surface area contributed by atoms with E-state index in [-0.39, 0.29) is 11.7 Å². The molecule has 6 heteroatoms. The largest absolute Gasteiger partial charge is 0.337 e. The van der Waals surface area contributed by atoms with Gasteiger partial charge < -0.3 is 4.90 Å². The highest BCUT2D eigenvalue weighted by molar-refractivity contribution is 5.76. The molecule has 0 unspecified atom stereocenters. The van der Waals surface area contributed by atoms with Gasteiger partial charge in [0.25, 0.3) is 0 Å². The van der Waals surface area contributed by atoms with Crippen LogP contribution in [0.5, 0.6) is 0 Å². The lowest BCUT2D eigenvalue weighted by atomic mass is 10.0. The molecule has 4 rings (SSSR count). The molecule has 1 aliphatic rings. The van der Waals surface area contributed by atoms with Gasteiger partial charge in [-0.25, -0.2) is 9.07 Å². The Kier molecular flexibility index (Phi) is 7.23. The highest BCUT2D eigenvalue weighted by Gasteiger charge is 2.27. The third-order valence-corrected chi connectivity index (χ3v) is 6.20. The molecule has 0 aliphatic carbocycles. The third kappa shape index (κ3) is 5.50. The molecule has 0 saturated heterocycles. The lowest BCUT2D eigenvalue weighted by Crippen LogP contribution is -2.33. The van der Waals surface area contributed by atoms with Gasteiger partial charge in [0, 0.05) is 44.6 Å². The second kappa shape index (κ2) is 10.3. The van der Waals surface area contributed by atoms with Gasteiger partial charge >= 0.3 is 0 Å². The molecule has 1 aliphatic heterocycles. The highest BCUT2D eigenvalue weighted by atomic mass is 19.1. The molecule has 3 aromatic rings. The van der Waals surface area contributed by atoms with Gasteiger partial charge in [-0.1, -0.05) is 44.2 Å². The van der Waals surface area contributed by atoms with Crippen LogP contribution in [0.2, 0.25) is 0 Å². The molecule has 0 atom stereocenters. The van der Waals surface area contributed by atoms with E-state index in [0.717, 1.165) is 43.0 Å². The smallest absolute Gasteiger partial charge is 0.223 e. The van der Waals surface area contributed by atoms with Crippen LogP contribution >= 0.6 is 0 Å². The maximum absolute atomic E-state index is 13.3. The number of nitrogens with zero attached hydrogens (tertiary/aromatic N) is 4. The molecule has 0 fully saturated rings. The van der Waals surface area contributed by atoms with Crippen molar-refractivity contribution in [2.45, 2.75) is 53.2 Å². The summed E-state index contributed by atoms with van der Waals surface area (Å²) in [5, 5.41) is 5.01. The van der Waals surface area contributed by atoms with E-state index in [4.69, 9.17) is 5.10 Å². The summed E-state index contributed by atoms with van der Waals surface area (Å²) in [5.41, 5.74) is 5.54. The Morgan fingerprint density at radius 2 is 1.85 bits per heavy atom. The fourth-order valence-electron chi connectivity index (χ4n) is 4.47. The Labute approximate surface area is 195 Å². The van der Waals surface area contributed by atoms with Crippen LogP contribution in [0.25, 0.3) is 5.69 Å². The predicted molar refractivity (Wildman–Crippen MR) is 128 cm³/mol. The van der Waals surface area contributed by atoms with Crippen molar-refractivity contribution in [1.29, 1.82) is 0 Å². The van der Waals surface area contributed by atoms with Crippen LogP contribution in [0.3, 0.4) is 0 Å². The van der Waals surface area contributed by atoms with Gasteiger partial charge in [0.15, 0.2) is 0 Å². The average molecular weight is 449 g/mol. The van der Waals surface area contributed by atoms with E-state index in [1.807, 2.05) is 42.2 Å². The first-order valence-electron chi connectivity index (χ1n) is 11.8. The minimum Gasteiger partial charge on any atom is -0.337 e. The van der Waals surface area contributed by atoms with Crippen LogP contribution in [-0.2, 0) is 30.8 Å². The predicted octanol–water partition coefficient (Wildman–Crippen LogP) is 4.96. The zero-order valence-electron chi connectivity index (χ0n) is 19.8. The molecule has 0 bridgehead atoms. The van der Waals surface area contributed by atoms with Crippen molar-refractivity contribution in [1.82, 2.24) is 19.6 Å². The van der Waals surface area contributed by atoms with Crippen LogP contribution in [-0.4, -0.2) is 38.6 Å². The first-order valence-corrected chi connectivity index (χ1v) is 11.8. The lowest BCUT2D eigenvalue weighted by molar-refractivity contribution is -0.132. The summed E-state index contributed by atoms with van der Waals surface area (Å²) in [6, 6.07) is 16.9. The number of carbonyl (C=O) groups is 1. The number of hydrogen-bond acceptors (Lipinski definition) is 3. The van der Waals surface area contributed by atoms with Crippen LogP contribution in [0.15, 0.2) is 54.6 Å². The van der Waals surface area contributed by atoms with Crippen LogP contribution in [0, 0.1) is 11.7 Å². The Hall–Kier alpha value is -2.99. The Bertz CT molecular complexity index is 1080.